The Kier molecular flexibility index (Phi) is 8.31. The van der Waals surface area contributed by atoms with E-state index in [2.05, 4.69) is 5.32 Å². The topological polar surface area (TPSA) is 70.9 Å². The molecule has 1 amide bonds. The Hall–Kier alpha value is -2.29. The monoisotopic (exact) mass is 422 g/mol. The van der Waals surface area contributed by atoms with Crippen LogP contribution < -0.4 is 10.2 Å². The Morgan fingerprint density at radius 3 is 2.10 bits per heavy atom. The second kappa shape index (κ2) is 10.5. The van der Waals surface area contributed by atoms with E-state index in [1.807, 2.05) is 7.05 Å². The molecule has 0 saturated heterocycles. The molecule has 2 rings (SSSR count). The molecule has 0 bridgehead atoms. The molecule has 1 unspecified atom stereocenters. The van der Waals surface area contributed by atoms with E-state index >= 15 is 0 Å². The molecule has 0 aliphatic rings. The molecular weight excluding hydrogens is 393 g/mol. The van der Waals surface area contributed by atoms with Crippen molar-refractivity contribution < 1.29 is 22.5 Å². The first-order chi connectivity index (χ1) is 13.8. The van der Waals surface area contributed by atoms with Crippen LogP contribution in [0.25, 0.3) is 0 Å². The second-order valence-corrected chi connectivity index (χ2v) is 8.89. The van der Waals surface area contributed by atoms with Gasteiger partial charge in [-0.2, -0.15) is 4.31 Å². The molecule has 0 aromatic heterocycles. The Morgan fingerprint density at radius 2 is 1.55 bits per heavy atom. The zero-order chi connectivity index (χ0) is 21.4. The van der Waals surface area contributed by atoms with Gasteiger partial charge in [0.05, 0.1) is 11.9 Å². The lowest BCUT2D eigenvalue weighted by molar-refractivity contribution is -0.885. The van der Waals surface area contributed by atoms with Crippen molar-refractivity contribution in [3.63, 3.8) is 0 Å². The first-order valence-corrected chi connectivity index (χ1v) is 11.1. The number of carbonyl (C=O) groups is 1. The molecule has 0 fully saturated rings. The van der Waals surface area contributed by atoms with E-state index in [4.69, 9.17) is 0 Å². The van der Waals surface area contributed by atoms with Crippen molar-refractivity contribution in [3.8, 4) is 0 Å². The number of benzene rings is 2. The summed E-state index contributed by atoms with van der Waals surface area (Å²) in [7, 11) is -1.58. The van der Waals surface area contributed by atoms with Crippen LogP contribution in [0, 0.1) is 5.82 Å². The SMILES string of the molecule is CCN(CC)S(=O)(=O)c1ccc(CNC(=O)C[NH+](C)Cc2ccc(F)cc2)cc1. The van der Waals surface area contributed by atoms with Gasteiger partial charge >= 0.3 is 0 Å². The summed E-state index contributed by atoms with van der Waals surface area (Å²) in [5, 5.41) is 2.85. The van der Waals surface area contributed by atoms with Crippen LogP contribution in [-0.2, 0) is 27.9 Å². The average molecular weight is 423 g/mol. The minimum absolute atomic E-state index is 0.107. The molecule has 1 atom stereocenters. The van der Waals surface area contributed by atoms with Gasteiger partial charge in [0.1, 0.15) is 12.4 Å². The third-order valence-electron chi connectivity index (χ3n) is 4.64. The number of quaternary nitrogens is 1. The van der Waals surface area contributed by atoms with Crippen molar-refractivity contribution in [3.05, 3.63) is 65.5 Å². The van der Waals surface area contributed by atoms with Crippen molar-refractivity contribution in [2.45, 2.75) is 31.8 Å². The first-order valence-electron chi connectivity index (χ1n) is 9.67. The number of hydrogen-bond acceptors (Lipinski definition) is 3. The second-order valence-electron chi connectivity index (χ2n) is 6.95. The fourth-order valence-electron chi connectivity index (χ4n) is 3.04. The molecule has 0 saturated carbocycles. The molecule has 0 aliphatic heterocycles. The van der Waals surface area contributed by atoms with Crippen LogP contribution in [0.3, 0.4) is 0 Å². The predicted molar refractivity (Wildman–Crippen MR) is 110 cm³/mol. The maximum absolute atomic E-state index is 13.0. The van der Waals surface area contributed by atoms with Gasteiger partial charge in [0.25, 0.3) is 5.91 Å². The predicted octanol–water partition coefficient (Wildman–Crippen LogP) is 1.19. The Bertz CT molecular complexity index is 896. The number of likely N-dealkylation sites (N-methyl/N-ethyl adjacent to an activating group) is 1. The summed E-state index contributed by atoms with van der Waals surface area (Å²) in [5.41, 5.74) is 1.79. The average Bonchev–Trinajstić information content (AvgIpc) is 2.69. The number of halogens is 1. The molecule has 0 heterocycles. The highest BCUT2D eigenvalue weighted by Crippen LogP contribution is 2.16. The summed E-state index contributed by atoms with van der Waals surface area (Å²) >= 11 is 0. The molecule has 2 N–H and O–H groups in total. The molecule has 0 radical (unpaired) electrons. The molecule has 2 aromatic rings. The summed E-state index contributed by atoms with van der Waals surface area (Å²) in [4.78, 5) is 13.4. The summed E-state index contributed by atoms with van der Waals surface area (Å²) < 4.78 is 39.4. The van der Waals surface area contributed by atoms with Gasteiger partial charge in [0, 0.05) is 25.2 Å². The normalized spacial score (nSPS) is 12.7. The third-order valence-corrected chi connectivity index (χ3v) is 6.70. The van der Waals surface area contributed by atoms with Crippen molar-refractivity contribution >= 4 is 15.9 Å². The minimum Gasteiger partial charge on any atom is -0.347 e. The van der Waals surface area contributed by atoms with Crippen LogP contribution in [0.5, 0.6) is 0 Å². The molecule has 158 valence electrons. The number of nitrogens with one attached hydrogen (secondary N) is 2. The van der Waals surface area contributed by atoms with E-state index in [0.29, 0.717) is 26.2 Å². The number of amides is 1. The highest BCUT2D eigenvalue weighted by Gasteiger charge is 2.21. The van der Waals surface area contributed by atoms with Crippen LogP contribution in [0.15, 0.2) is 53.4 Å². The maximum Gasteiger partial charge on any atom is 0.275 e. The lowest BCUT2D eigenvalue weighted by atomic mass is 10.2. The summed E-state index contributed by atoms with van der Waals surface area (Å²) in [6.45, 7) is 5.68. The zero-order valence-electron chi connectivity index (χ0n) is 17.1. The van der Waals surface area contributed by atoms with Gasteiger partial charge in [-0.25, -0.2) is 12.8 Å². The number of carbonyl (C=O) groups excluding carboxylic acids is 1. The van der Waals surface area contributed by atoms with E-state index in [0.717, 1.165) is 16.0 Å². The summed E-state index contributed by atoms with van der Waals surface area (Å²) in [5.74, 6) is -0.385. The van der Waals surface area contributed by atoms with E-state index in [1.165, 1.54) is 16.4 Å². The number of rotatable bonds is 10. The van der Waals surface area contributed by atoms with Gasteiger partial charge < -0.3 is 10.2 Å². The highest BCUT2D eigenvalue weighted by molar-refractivity contribution is 7.89. The number of hydrogen-bond donors (Lipinski definition) is 2. The molecule has 8 heteroatoms. The third kappa shape index (κ3) is 6.62. The van der Waals surface area contributed by atoms with Crippen molar-refractivity contribution in [2.75, 3.05) is 26.7 Å². The van der Waals surface area contributed by atoms with Crippen molar-refractivity contribution in [2.24, 2.45) is 0 Å². The fourth-order valence-corrected chi connectivity index (χ4v) is 4.50. The molecule has 29 heavy (non-hydrogen) atoms. The molecule has 6 nitrogen and oxygen atoms in total. The van der Waals surface area contributed by atoms with E-state index in [1.54, 1.807) is 50.2 Å². The van der Waals surface area contributed by atoms with Crippen LogP contribution in [0.2, 0.25) is 0 Å². The van der Waals surface area contributed by atoms with Crippen LogP contribution in [0.1, 0.15) is 25.0 Å². The molecular formula is C21H29FN3O3S+. The van der Waals surface area contributed by atoms with E-state index in [9.17, 15) is 17.6 Å². The lowest BCUT2D eigenvalue weighted by Crippen LogP contribution is -3.08. The van der Waals surface area contributed by atoms with Gasteiger partial charge in [-0.1, -0.05) is 38.1 Å². The van der Waals surface area contributed by atoms with Gasteiger partial charge in [0.15, 0.2) is 6.54 Å². The van der Waals surface area contributed by atoms with Crippen LogP contribution in [0.4, 0.5) is 4.39 Å². The van der Waals surface area contributed by atoms with Gasteiger partial charge in [-0.05, 0) is 29.8 Å². The summed E-state index contributed by atoms with van der Waals surface area (Å²) in [6, 6.07) is 12.8. The van der Waals surface area contributed by atoms with Gasteiger partial charge in [-0.15, -0.1) is 0 Å². The Labute approximate surface area is 172 Å². The smallest absolute Gasteiger partial charge is 0.275 e. The molecule has 2 aromatic carbocycles. The van der Waals surface area contributed by atoms with Crippen molar-refractivity contribution in [1.82, 2.24) is 9.62 Å². The maximum atomic E-state index is 13.0. The van der Waals surface area contributed by atoms with E-state index < -0.39 is 10.0 Å². The first kappa shape index (κ1) is 23.0. The number of nitrogens with zero attached hydrogens (tertiary/aromatic N) is 1. The molecule has 0 spiro atoms. The van der Waals surface area contributed by atoms with Crippen LogP contribution >= 0.6 is 0 Å². The summed E-state index contributed by atoms with van der Waals surface area (Å²) in [6.07, 6.45) is 0. The standard InChI is InChI=1S/C21H28FN3O3S/c1-4-25(5-2)29(27,28)20-12-8-17(9-13-20)14-23-21(26)16-24(3)15-18-6-10-19(22)11-7-18/h6-13H,4-5,14-16H2,1-3H3,(H,23,26)/p+1. The number of sulfonamides is 1. The van der Waals surface area contributed by atoms with Crippen molar-refractivity contribution in [1.29, 1.82) is 0 Å². The highest BCUT2D eigenvalue weighted by atomic mass is 32.2. The quantitative estimate of drug-likeness (QED) is 0.604. The zero-order valence-corrected chi connectivity index (χ0v) is 17.9. The lowest BCUT2D eigenvalue weighted by Gasteiger charge is -2.18. The van der Waals surface area contributed by atoms with Crippen LogP contribution in [-0.4, -0.2) is 45.3 Å². The van der Waals surface area contributed by atoms with Gasteiger partial charge in [-0.3, -0.25) is 4.79 Å². The fraction of sp³-hybridized carbons (Fsp3) is 0.381. The van der Waals surface area contributed by atoms with Gasteiger partial charge in [0.2, 0.25) is 10.0 Å². The van der Waals surface area contributed by atoms with E-state index in [-0.39, 0.29) is 23.2 Å². The molecule has 0 aliphatic carbocycles. The largest absolute Gasteiger partial charge is 0.347 e. The Balaban J connectivity index is 1.86. The Morgan fingerprint density at radius 1 is 1.00 bits per heavy atom. The minimum atomic E-state index is -3.48.